The summed E-state index contributed by atoms with van der Waals surface area (Å²) in [6.45, 7) is 0. The van der Waals surface area contributed by atoms with E-state index in [-0.39, 0.29) is 28.5 Å². The lowest BCUT2D eigenvalue weighted by molar-refractivity contribution is 0.633. The standard InChI is InChI=1S/F3P.Mg.H2O/c1-4(2)3;;/h;;1H2. The molecule has 0 spiro atoms. The van der Waals surface area contributed by atoms with Gasteiger partial charge in [-0.3, -0.25) is 0 Å². The van der Waals surface area contributed by atoms with Gasteiger partial charge < -0.3 is 5.48 Å². The van der Waals surface area contributed by atoms with E-state index in [0.717, 1.165) is 0 Å². The summed E-state index contributed by atoms with van der Waals surface area (Å²) in [4.78, 5) is 0. The lowest BCUT2D eigenvalue weighted by Crippen LogP contribution is -1.10. The van der Waals surface area contributed by atoms with Crippen LogP contribution in [0.5, 0.6) is 0 Å². The van der Waals surface area contributed by atoms with Gasteiger partial charge in [0.15, 0.2) is 0 Å². The van der Waals surface area contributed by atoms with Crippen LogP contribution in [0.4, 0.5) is 12.6 Å². The summed E-state index contributed by atoms with van der Waals surface area (Å²) in [6.07, 6.45) is 0. The van der Waals surface area contributed by atoms with E-state index in [4.69, 9.17) is 0 Å². The van der Waals surface area contributed by atoms with Gasteiger partial charge in [0.25, 0.3) is 0 Å². The molecule has 36 valence electrons. The van der Waals surface area contributed by atoms with Crippen molar-refractivity contribution in [3.05, 3.63) is 0 Å². The van der Waals surface area contributed by atoms with Crippen molar-refractivity contribution in [2.75, 3.05) is 0 Å². The summed E-state index contributed by atoms with van der Waals surface area (Å²) in [7, 11) is -4.12. The van der Waals surface area contributed by atoms with Gasteiger partial charge in [0.1, 0.15) is 0 Å². The molecule has 0 aromatic heterocycles. The molecule has 0 saturated carbocycles. The van der Waals surface area contributed by atoms with Gasteiger partial charge in [-0.1, -0.05) is 0 Å². The Kier molecular flexibility index (Phi) is 24.6. The van der Waals surface area contributed by atoms with Gasteiger partial charge in [0.2, 0.25) is 0 Å². The third-order valence-corrected chi connectivity index (χ3v) is 0. The fourth-order valence-electron chi connectivity index (χ4n) is 0. The lowest BCUT2D eigenvalue weighted by Gasteiger charge is -1.61. The third-order valence-electron chi connectivity index (χ3n) is 0. The van der Waals surface area contributed by atoms with E-state index in [1.165, 1.54) is 0 Å². The Labute approximate surface area is 50.5 Å². The van der Waals surface area contributed by atoms with Gasteiger partial charge in [0, 0.05) is 23.1 Å². The average molecular weight is 130 g/mol. The van der Waals surface area contributed by atoms with Crippen LogP contribution in [0.2, 0.25) is 0 Å². The Hall–Kier alpha value is 0.946. The summed E-state index contributed by atoms with van der Waals surface area (Å²) in [5, 5.41) is 0. The van der Waals surface area contributed by atoms with Crippen molar-refractivity contribution in [3.8, 4) is 0 Å². The Morgan fingerprint density at radius 3 is 1.00 bits per heavy atom. The average Bonchev–Trinajstić information content (AvgIpc) is 0.811. The Bertz CT molecular complexity index is 15.5. The van der Waals surface area contributed by atoms with Gasteiger partial charge in [0.05, 0.1) is 0 Å². The second-order valence-electron chi connectivity index (χ2n) is 0.192. The number of rotatable bonds is 0. The first-order chi connectivity index (χ1) is 1.73. The molecule has 2 radical (unpaired) electrons. The Balaban J connectivity index is -0.0000000450. The molecule has 0 aromatic rings. The van der Waals surface area contributed by atoms with Gasteiger partial charge in [-0.25, -0.2) is 0 Å². The predicted octanol–water partition coefficient (Wildman–Crippen LogP) is 0.916. The highest BCUT2D eigenvalue weighted by Crippen LogP contribution is 2.39. The van der Waals surface area contributed by atoms with E-state index in [9.17, 15) is 12.6 Å². The van der Waals surface area contributed by atoms with E-state index in [0.29, 0.717) is 0 Å². The van der Waals surface area contributed by atoms with Crippen LogP contribution in [0.1, 0.15) is 0 Å². The zero-order valence-electron chi connectivity index (χ0n) is 2.79. The lowest BCUT2D eigenvalue weighted by atomic mass is 16.0. The second-order valence-corrected chi connectivity index (χ2v) is 0.575. The highest BCUT2D eigenvalue weighted by Gasteiger charge is 1.91. The molecule has 6 heteroatoms. The van der Waals surface area contributed by atoms with Crippen molar-refractivity contribution in [1.29, 1.82) is 0 Å². The Morgan fingerprint density at radius 1 is 1.00 bits per heavy atom. The minimum absolute atomic E-state index is 0. The van der Waals surface area contributed by atoms with E-state index < -0.39 is 8.85 Å². The molecular weight excluding hydrogens is 128 g/mol. The molecule has 0 saturated heterocycles. The SMILES string of the molecule is FP(F)F.O.[Mg]. The first kappa shape index (κ1) is 15.8. The van der Waals surface area contributed by atoms with Gasteiger partial charge in [-0.15, -0.1) is 0 Å². The van der Waals surface area contributed by atoms with Crippen LogP contribution in [0.3, 0.4) is 0 Å². The molecule has 1 nitrogen and oxygen atoms in total. The maximum atomic E-state index is 9.73. The van der Waals surface area contributed by atoms with Crippen molar-refractivity contribution >= 4 is 31.9 Å². The molecule has 0 unspecified atom stereocenters. The fourth-order valence-corrected chi connectivity index (χ4v) is 0. The zero-order valence-corrected chi connectivity index (χ0v) is 5.10. The van der Waals surface area contributed by atoms with Crippen molar-refractivity contribution in [2.45, 2.75) is 0 Å². The number of hydrogen-bond acceptors (Lipinski definition) is 0. The summed E-state index contributed by atoms with van der Waals surface area (Å²) in [5.41, 5.74) is 0. The molecule has 0 aliphatic carbocycles. The molecule has 0 aliphatic rings. The van der Waals surface area contributed by atoms with E-state index in [2.05, 4.69) is 0 Å². The second kappa shape index (κ2) is 9.34. The normalized spacial score (nSPS) is 6.00. The summed E-state index contributed by atoms with van der Waals surface area (Å²) in [6, 6.07) is 0. The van der Waals surface area contributed by atoms with Gasteiger partial charge >= 0.3 is 8.85 Å². The van der Waals surface area contributed by atoms with Gasteiger partial charge in [-0.05, 0) is 0 Å². The van der Waals surface area contributed by atoms with Crippen LogP contribution in [-0.2, 0) is 0 Å². The highest BCUT2D eigenvalue weighted by molar-refractivity contribution is 7.40. The minimum Gasteiger partial charge on any atom is -0.412 e. The minimum atomic E-state index is -4.12. The van der Waals surface area contributed by atoms with Crippen LogP contribution in [0.25, 0.3) is 0 Å². The van der Waals surface area contributed by atoms with Crippen molar-refractivity contribution < 1.29 is 18.1 Å². The molecule has 0 bridgehead atoms. The zero-order chi connectivity index (χ0) is 3.58. The van der Waals surface area contributed by atoms with E-state index in [1.807, 2.05) is 0 Å². The highest BCUT2D eigenvalue weighted by atomic mass is 31.2. The van der Waals surface area contributed by atoms with Crippen molar-refractivity contribution in [2.24, 2.45) is 0 Å². The first-order valence-electron chi connectivity index (χ1n) is 0.507. The van der Waals surface area contributed by atoms with Crippen molar-refractivity contribution in [3.63, 3.8) is 0 Å². The molecule has 6 heavy (non-hydrogen) atoms. The number of halogens is 3. The third kappa shape index (κ3) is 86.0. The molecule has 0 rings (SSSR count). The van der Waals surface area contributed by atoms with Crippen LogP contribution < -0.4 is 0 Å². The van der Waals surface area contributed by atoms with Crippen LogP contribution in [0.15, 0.2) is 0 Å². The monoisotopic (exact) mass is 130 g/mol. The molecule has 0 aromatic carbocycles. The maximum absolute atomic E-state index is 9.73. The van der Waals surface area contributed by atoms with Gasteiger partial charge in [-0.2, -0.15) is 12.6 Å². The molecule has 0 amide bonds. The van der Waals surface area contributed by atoms with Crippen LogP contribution in [-0.4, -0.2) is 28.5 Å². The molecule has 0 aliphatic heterocycles. The fraction of sp³-hybridized carbons (Fsp3) is 0. The van der Waals surface area contributed by atoms with Crippen molar-refractivity contribution in [1.82, 2.24) is 0 Å². The quantitative estimate of drug-likeness (QED) is 0.345. The largest absolute Gasteiger partial charge is 0.456 e. The summed E-state index contributed by atoms with van der Waals surface area (Å²) >= 11 is 0. The number of hydrogen-bond donors (Lipinski definition) is 0. The maximum Gasteiger partial charge on any atom is 0.456 e. The molecule has 0 fully saturated rings. The smallest absolute Gasteiger partial charge is 0.412 e. The molecule has 2 N–H and O–H groups in total. The summed E-state index contributed by atoms with van der Waals surface area (Å²) < 4.78 is 29.2. The Morgan fingerprint density at radius 2 is 1.00 bits per heavy atom. The van der Waals surface area contributed by atoms with E-state index >= 15 is 0 Å². The molecule has 0 atom stereocenters. The van der Waals surface area contributed by atoms with Crippen LogP contribution >= 0.6 is 8.85 Å². The van der Waals surface area contributed by atoms with Crippen LogP contribution in [0, 0.1) is 0 Å². The molecule has 0 heterocycles. The first-order valence-corrected chi connectivity index (χ1v) is 1.52. The summed E-state index contributed by atoms with van der Waals surface area (Å²) in [5.74, 6) is 0. The van der Waals surface area contributed by atoms with E-state index in [1.54, 1.807) is 0 Å². The predicted molar refractivity (Wildman–Crippen MR) is 19.6 cm³/mol. The topological polar surface area (TPSA) is 31.5 Å². The molecular formula is H2F3MgOP.